The number of carbonyl (C=O) groups excluding carboxylic acids is 1. The van der Waals surface area contributed by atoms with Crippen LogP contribution in [0.25, 0.3) is 28.3 Å². The van der Waals surface area contributed by atoms with Gasteiger partial charge in [0.2, 0.25) is 0 Å². The van der Waals surface area contributed by atoms with E-state index < -0.39 is 0 Å². The topological polar surface area (TPSA) is 94.3 Å². The van der Waals surface area contributed by atoms with Gasteiger partial charge in [-0.15, -0.1) is 10.2 Å². The molecule has 3 heterocycles. The first-order valence-corrected chi connectivity index (χ1v) is 10.9. The van der Waals surface area contributed by atoms with Crippen molar-refractivity contribution >= 4 is 40.4 Å². The van der Waals surface area contributed by atoms with Gasteiger partial charge in [0.15, 0.2) is 18.1 Å². The van der Waals surface area contributed by atoms with Crippen LogP contribution in [-0.4, -0.2) is 37.3 Å². The number of nitrogens with zero attached hydrogens (tertiary/aromatic N) is 5. The van der Waals surface area contributed by atoms with Crippen LogP contribution >= 0.6 is 23.2 Å². The van der Waals surface area contributed by atoms with E-state index in [1.807, 2.05) is 42.5 Å². The van der Waals surface area contributed by atoms with Crippen molar-refractivity contribution < 1.29 is 9.53 Å². The fourth-order valence-electron chi connectivity index (χ4n) is 3.31. The zero-order valence-corrected chi connectivity index (χ0v) is 19.0. The summed E-state index contributed by atoms with van der Waals surface area (Å²) >= 11 is 12.0. The average molecular weight is 491 g/mol. The lowest BCUT2D eigenvalue weighted by molar-refractivity contribution is -0.118. The maximum absolute atomic E-state index is 12.4. The summed E-state index contributed by atoms with van der Waals surface area (Å²) in [6.07, 6.45) is 3.40. The first-order valence-electron chi connectivity index (χ1n) is 10.2. The van der Waals surface area contributed by atoms with Gasteiger partial charge in [-0.25, -0.2) is 0 Å². The molecule has 1 amide bonds. The number of halogens is 2. The van der Waals surface area contributed by atoms with Crippen LogP contribution in [0.4, 0.5) is 5.69 Å². The summed E-state index contributed by atoms with van der Waals surface area (Å²) in [7, 11) is 0. The van der Waals surface area contributed by atoms with E-state index in [0.29, 0.717) is 38.6 Å². The monoisotopic (exact) mass is 490 g/mol. The van der Waals surface area contributed by atoms with Gasteiger partial charge in [0.05, 0.1) is 10.7 Å². The zero-order chi connectivity index (χ0) is 23.5. The fourth-order valence-corrected chi connectivity index (χ4v) is 3.77. The molecule has 1 N–H and O–H groups in total. The van der Waals surface area contributed by atoms with Crippen LogP contribution < -0.4 is 10.1 Å². The van der Waals surface area contributed by atoms with Crippen molar-refractivity contribution in [3.63, 3.8) is 0 Å². The molecule has 0 aliphatic carbocycles. The Labute approximate surface area is 204 Å². The number of hydrogen-bond donors (Lipinski definition) is 1. The number of aromatic nitrogens is 5. The summed E-state index contributed by atoms with van der Waals surface area (Å²) in [5.74, 6) is 0.641. The van der Waals surface area contributed by atoms with E-state index in [0.717, 1.165) is 11.1 Å². The van der Waals surface area contributed by atoms with Crippen LogP contribution in [-0.2, 0) is 4.79 Å². The van der Waals surface area contributed by atoms with E-state index in [9.17, 15) is 4.79 Å². The summed E-state index contributed by atoms with van der Waals surface area (Å²) < 4.78 is 7.17. The van der Waals surface area contributed by atoms with Crippen molar-refractivity contribution in [2.45, 2.75) is 0 Å². The van der Waals surface area contributed by atoms with Crippen molar-refractivity contribution in [2.75, 3.05) is 11.9 Å². The number of fused-ring (bicyclic) bond motifs is 1. The predicted octanol–water partition coefficient (Wildman–Crippen LogP) is 5.18. The minimum Gasteiger partial charge on any atom is -0.482 e. The molecule has 2 aromatic carbocycles. The minimum absolute atomic E-state index is 0.203. The summed E-state index contributed by atoms with van der Waals surface area (Å²) in [5.41, 5.74) is 3.53. The first kappa shape index (κ1) is 21.8. The number of carbonyl (C=O) groups is 1. The second-order valence-electron chi connectivity index (χ2n) is 7.25. The lowest BCUT2D eigenvalue weighted by Crippen LogP contribution is -2.20. The number of benzene rings is 2. The molecule has 0 bridgehead atoms. The number of pyridine rings is 1. The van der Waals surface area contributed by atoms with Gasteiger partial charge in [-0.3, -0.25) is 9.78 Å². The number of anilines is 1. The highest BCUT2D eigenvalue weighted by Gasteiger charge is 2.12. The molecule has 0 unspecified atom stereocenters. The largest absolute Gasteiger partial charge is 0.482 e. The predicted molar refractivity (Wildman–Crippen MR) is 130 cm³/mol. The van der Waals surface area contributed by atoms with Gasteiger partial charge in [0.25, 0.3) is 5.91 Å². The van der Waals surface area contributed by atoms with Gasteiger partial charge in [0, 0.05) is 34.2 Å². The van der Waals surface area contributed by atoms with Crippen molar-refractivity contribution in [3.05, 3.63) is 89.2 Å². The third-order valence-electron chi connectivity index (χ3n) is 4.88. The number of amides is 1. The Morgan fingerprint density at radius 1 is 0.971 bits per heavy atom. The molecule has 0 atom stereocenters. The maximum atomic E-state index is 12.4. The Kier molecular flexibility index (Phi) is 6.07. The Morgan fingerprint density at radius 3 is 2.68 bits per heavy atom. The highest BCUT2D eigenvalue weighted by Crippen LogP contribution is 2.27. The molecule has 0 spiro atoms. The summed E-state index contributed by atoms with van der Waals surface area (Å²) in [5, 5.41) is 16.8. The second kappa shape index (κ2) is 9.46. The Morgan fingerprint density at radius 2 is 1.85 bits per heavy atom. The van der Waals surface area contributed by atoms with E-state index in [-0.39, 0.29) is 12.5 Å². The molecule has 0 saturated heterocycles. The fraction of sp³-hybridized carbons (Fsp3) is 0.0417. The molecule has 0 radical (unpaired) electrons. The molecule has 0 aliphatic rings. The molecule has 5 rings (SSSR count). The van der Waals surface area contributed by atoms with Gasteiger partial charge in [-0.2, -0.15) is 9.61 Å². The molecule has 3 aromatic heterocycles. The second-order valence-corrected chi connectivity index (χ2v) is 8.09. The van der Waals surface area contributed by atoms with Gasteiger partial charge in [-0.05, 0) is 54.6 Å². The molecule has 0 saturated carbocycles. The minimum atomic E-state index is -0.329. The van der Waals surface area contributed by atoms with E-state index in [1.54, 1.807) is 41.2 Å². The normalized spacial score (nSPS) is 10.9. The Hall–Kier alpha value is -4.01. The molecular weight excluding hydrogens is 475 g/mol. The summed E-state index contributed by atoms with van der Waals surface area (Å²) in [6.45, 7) is -0.203. The third-order valence-corrected chi connectivity index (χ3v) is 5.41. The lowest BCUT2D eigenvalue weighted by Gasteiger charge is -2.10. The van der Waals surface area contributed by atoms with Crippen molar-refractivity contribution in [1.29, 1.82) is 0 Å². The molecular formula is C24H16Cl2N6O2. The van der Waals surface area contributed by atoms with Gasteiger partial charge < -0.3 is 10.1 Å². The first-order chi connectivity index (χ1) is 16.6. The molecule has 0 fully saturated rings. The van der Waals surface area contributed by atoms with Crippen molar-refractivity contribution in [3.8, 4) is 28.4 Å². The van der Waals surface area contributed by atoms with Crippen molar-refractivity contribution in [2.24, 2.45) is 0 Å². The number of hydrogen-bond acceptors (Lipinski definition) is 6. The van der Waals surface area contributed by atoms with E-state index >= 15 is 0 Å². The van der Waals surface area contributed by atoms with E-state index in [2.05, 4.69) is 20.5 Å². The molecule has 34 heavy (non-hydrogen) atoms. The Balaban J connectivity index is 1.34. The molecule has 168 valence electrons. The van der Waals surface area contributed by atoms with Crippen molar-refractivity contribution in [1.82, 2.24) is 24.8 Å². The van der Waals surface area contributed by atoms with Crippen LogP contribution in [0.2, 0.25) is 10.0 Å². The standard InChI is InChI=1S/C24H16Cl2N6O2/c25-17-6-8-21(19(26)12-17)34-14-23(33)28-18-5-1-3-15(11-18)20-7-9-22-29-30-24(32(22)31-20)16-4-2-10-27-13-16/h1-13H,14H2,(H,28,33). The molecule has 5 aromatic rings. The van der Waals surface area contributed by atoms with Crippen LogP contribution in [0.15, 0.2) is 79.1 Å². The highest BCUT2D eigenvalue weighted by atomic mass is 35.5. The number of ether oxygens (including phenoxy) is 1. The lowest BCUT2D eigenvalue weighted by atomic mass is 10.1. The van der Waals surface area contributed by atoms with Gasteiger partial charge in [0.1, 0.15) is 5.75 Å². The van der Waals surface area contributed by atoms with Crippen LogP contribution in [0, 0.1) is 0 Å². The van der Waals surface area contributed by atoms with Crippen LogP contribution in [0.5, 0.6) is 5.75 Å². The molecule has 8 nitrogen and oxygen atoms in total. The SMILES string of the molecule is O=C(COc1ccc(Cl)cc1Cl)Nc1cccc(-c2ccc3nnc(-c4cccnc4)n3n2)c1. The van der Waals surface area contributed by atoms with Crippen LogP contribution in [0.1, 0.15) is 0 Å². The summed E-state index contributed by atoms with van der Waals surface area (Å²) in [6, 6.07) is 19.6. The molecule has 0 aliphatic heterocycles. The quantitative estimate of drug-likeness (QED) is 0.352. The van der Waals surface area contributed by atoms with E-state index in [4.69, 9.17) is 33.0 Å². The summed E-state index contributed by atoms with van der Waals surface area (Å²) in [4.78, 5) is 16.5. The molecule has 10 heteroatoms. The van der Waals surface area contributed by atoms with Gasteiger partial charge in [-0.1, -0.05) is 35.3 Å². The van der Waals surface area contributed by atoms with E-state index in [1.165, 1.54) is 0 Å². The van der Waals surface area contributed by atoms with Crippen LogP contribution in [0.3, 0.4) is 0 Å². The third kappa shape index (κ3) is 4.68. The number of nitrogens with one attached hydrogen (secondary N) is 1. The smallest absolute Gasteiger partial charge is 0.262 e. The van der Waals surface area contributed by atoms with Gasteiger partial charge >= 0.3 is 0 Å². The number of rotatable bonds is 6. The average Bonchev–Trinajstić information content (AvgIpc) is 3.27. The maximum Gasteiger partial charge on any atom is 0.262 e. The zero-order valence-electron chi connectivity index (χ0n) is 17.5. The Bertz CT molecular complexity index is 1490. The highest BCUT2D eigenvalue weighted by molar-refractivity contribution is 6.35.